The monoisotopic (exact) mass is 357 g/mol. The van der Waals surface area contributed by atoms with Gasteiger partial charge in [0.1, 0.15) is 6.33 Å². The molecule has 2 heterocycles. The number of aromatic nitrogens is 3. The van der Waals surface area contributed by atoms with Gasteiger partial charge in [-0.15, -0.1) is 11.3 Å². The van der Waals surface area contributed by atoms with Crippen LogP contribution in [0.5, 0.6) is 0 Å². The second-order valence-electron chi connectivity index (χ2n) is 5.08. The molecular formula is C15H15N7O2S. The fraction of sp³-hybridized carbons (Fsp3) is 0.133. The number of anilines is 4. The van der Waals surface area contributed by atoms with Gasteiger partial charge in [-0.3, -0.25) is 21.0 Å². The summed E-state index contributed by atoms with van der Waals surface area (Å²) in [5.74, 6) is 0.127. The average molecular weight is 357 g/mol. The van der Waals surface area contributed by atoms with Crippen molar-refractivity contribution in [2.75, 3.05) is 16.2 Å². The summed E-state index contributed by atoms with van der Waals surface area (Å²) in [5, 5.41) is 15.0. The van der Waals surface area contributed by atoms with Gasteiger partial charge in [-0.05, 0) is 26.0 Å². The highest BCUT2D eigenvalue weighted by molar-refractivity contribution is 7.15. The molecule has 3 rings (SSSR count). The van der Waals surface area contributed by atoms with E-state index < -0.39 is 4.92 Å². The predicted molar refractivity (Wildman–Crippen MR) is 97.2 cm³/mol. The van der Waals surface area contributed by atoms with Crippen molar-refractivity contribution in [3.8, 4) is 0 Å². The van der Waals surface area contributed by atoms with Gasteiger partial charge >= 0.3 is 5.69 Å². The van der Waals surface area contributed by atoms with E-state index in [4.69, 9.17) is 0 Å². The van der Waals surface area contributed by atoms with Crippen molar-refractivity contribution in [1.29, 1.82) is 0 Å². The van der Waals surface area contributed by atoms with E-state index in [0.29, 0.717) is 5.13 Å². The summed E-state index contributed by atoms with van der Waals surface area (Å²) in [6.45, 7) is 3.81. The lowest BCUT2D eigenvalue weighted by molar-refractivity contribution is -0.383. The molecule has 1 aromatic carbocycles. The van der Waals surface area contributed by atoms with Gasteiger partial charge in [-0.25, -0.2) is 15.0 Å². The van der Waals surface area contributed by atoms with Crippen LogP contribution in [0.1, 0.15) is 10.6 Å². The van der Waals surface area contributed by atoms with Crippen molar-refractivity contribution in [1.82, 2.24) is 15.0 Å². The third kappa shape index (κ3) is 3.80. The van der Waals surface area contributed by atoms with E-state index in [1.165, 1.54) is 17.7 Å². The minimum Gasteiger partial charge on any atom is -0.310 e. The largest absolute Gasteiger partial charge is 0.355 e. The Bertz CT molecular complexity index is 879. The van der Waals surface area contributed by atoms with Crippen LogP contribution in [-0.4, -0.2) is 19.9 Å². The maximum Gasteiger partial charge on any atom is 0.355 e. The Hall–Kier alpha value is -3.27. The summed E-state index contributed by atoms with van der Waals surface area (Å²) < 4.78 is 0. The fourth-order valence-electron chi connectivity index (χ4n) is 2.02. The molecule has 3 N–H and O–H groups in total. The van der Waals surface area contributed by atoms with Crippen LogP contribution in [-0.2, 0) is 0 Å². The normalized spacial score (nSPS) is 10.3. The van der Waals surface area contributed by atoms with Gasteiger partial charge in [0.2, 0.25) is 11.6 Å². The molecule has 9 nitrogen and oxygen atoms in total. The molecule has 0 saturated carbocycles. The van der Waals surface area contributed by atoms with Crippen molar-refractivity contribution < 1.29 is 4.92 Å². The number of para-hydroxylation sites is 1. The Kier molecular flexibility index (Phi) is 4.70. The molecule has 0 fully saturated rings. The Labute approximate surface area is 147 Å². The maximum absolute atomic E-state index is 11.5. The number of nitrogens with one attached hydrogen (secondary N) is 3. The van der Waals surface area contributed by atoms with Gasteiger partial charge in [0.15, 0.2) is 5.13 Å². The zero-order chi connectivity index (χ0) is 17.8. The van der Waals surface area contributed by atoms with E-state index in [2.05, 4.69) is 31.1 Å². The first-order valence-electron chi connectivity index (χ1n) is 7.32. The molecule has 0 amide bonds. The number of hydrogen-bond acceptors (Lipinski definition) is 9. The van der Waals surface area contributed by atoms with Gasteiger partial charge < -0.3 is 5.32 Å². The molecule has 25 heavy (non-hydrogen) atoms. The number of thiazole rings is 1. The SMILES string of the molecule is Cc1nc(Nc2ncnc(NNc3ccccc3)c2[N+](=O)[O-])sc1C. The maximum atomic E-state index is 11.5. The van der Waals surface area contributed by atoms with Gasteiger partial charge in [-0.1, -0.05) is 18.2 Å². The molecule has 0 aliphatic carbocycles. The van der Waals surface area contributed by atoms with Crippen molar-refractivity contribution >= 4 is 39.5 Å². The molecule has 2 aromatic heterocycles. The first kappa shape index (κ1) is 16.6. The molecule has 0 aliphatic heterocycles. The zero-order valence-electron chi connectivity index (χ0n) is 13.5. The van der Waals surface area contributed by atoms with Gasteiger partial charge in [-0.2, -0.15) is 0 Å². The third-order valence-corrected chi connectivity index (χ3v) is 4.35. The van der Waals surface area contributed by atoms with Crippen LogP contribution in [0.3, 0.4) is 0 Å². The van der Waals surface area contributed by atoms with E-state index in [1.807, 2.05) is 44.2 Å². The second kappa shape index (κ2) is 7.09. The van der Waals surface area contributed by atoms with Crippen LogP contribution < -0.4 is 16.2 Å². The highest BCUT2D eigenvalue weighted by Crippen LogP contribution is 2.32. The standard InChI is InChI=1S/C15H15N7O2S/c1-9-10(2)25-15(18-9)19-13-12(22(23)24)14(17-8-16-13)21-20-11-6-4-3-5-7-11/h3-8,20H,1-2H3,(H2,16,17,18,19,21). The number of nitro groups is 1. The number of rotatable bonds is 6. The van der Waals surface area contributed by atoms with E-state index in [-0.39, 0.29) is 17.3 Å². The number of aryl methyl sites for hydroxylation is 2. The smallest absolute Gasteiger partial charge is 0.310 e. The minimum absolute atomic E-state index is 0.0522. The molecule has 0 atom stereocenters. The van der Waals surface area contributed by atoms with Crippen LogP contribution >= 0.6 is 11.3 Å². The van der Waals surface area contributed by atoms with E-state index >= 15 is 0 Å². The summed E-state index contributed by atoms with van der Waals surface area (Å²) in [6, 6.07) is 9.20. The second-order valence-corrected chi connectivity index (χ2v) is 6.28. The van der Waals surface area contributed by atoms with Gasteiger partial charge in [0, 0.05) is 4.88 Å². The Morgan fingerprint density at radius 1 is 1.08 bits per heavy atom. The third-order valence-electron chi connectivity index (χ3n) is 3.36. The molecule has 128 valence electrons. The van der Waals surface area contributed by atoms with Gasteiger partial charge in [0.25, 0.3) is 0 Å². The molecule has 0 bridgehead atoms. The quantitative estimate of drug-likeness (QED) is 0.452. The Morgan fingerprint density at radius 2 is 1.80 bits per heavy atom. The molecule has 0 unspecified atom stereocenters. The van der Waals surface area contributed by atoms with Crippen LogP contribution in [0.4, 0.5) is 28.1 Å². The summed E-state index contributed by atoms with van der Waals surface area (Å²) in [5.41, 5.74) is 6.98. The van der Waals surface area contributed by atoms with E-state index in [0.717, 1.165) is 16.3 Å². The van der Waals surface area contributed by atoms with Crippen molar-refractivity contribution in [3.05, 3.63) is 57.3 Å². The van der Waals surface area contributed by atoms with Crippen molar-refractivity contribution in [3.63, 3.8) is 0 Å². The molecule has 0 spiro atoms. The number of hydrogen-bond donors (Lipinski definition) is 3. The Balaban J connectivity index is 1.87. The van der Waals surface area contributed by atoms with Crippen molar-refractivity contribution in [2.24, 2.45) is 0 Å². The van der Waals surface area contributed by atoms with E-state index in [1.54, 1.807) is 0 Å². The lowest BCUT2D eigenvalue weighted by Crippen LogP contribution is -2.13. The minimum atomic E-state index is -0.537. The molecule has 0 radical (unpaired) electrons. The Morgan fingerprint density at radius 3 is 2.44 bits per heavy atom. The van der Waals surface area contributed by atoms with E-state index in [9.17, 15) is 10.1 Å². The highest BCUT2D eigenvalue weighted by atomic mass is 32.1. The first-order chi connectivity index (χ1) is 12.0. The van der Waals surface area contributed by atoms with Crippen LogP contribution in [0.2, 0.25) is 0 Å². The molecular weight excluding hydrogens is 342 g/mol. The summed E-state index contributed by atoms with van der Waals surface area (Å²) in [7, 11) is 0. The van der Waals surface area contributed by atoms with Crippen LogP contribution in [0.15, 0.2) is 36.7 Å². The lowest BCUT2D eigenvalue weighted by Gasteiger charge is -2.10. The van der Waals surface area contributed by atoms with Crippen LogP contribution in [0, 0.1) is 24.0 Å². The first-order valence-corrected chi connectivity index (χ1v) is 8.14. The number of benzene rings is 1. The van der Waals surface area contributed by atoms with Crippen LogP contribution in [0.25, 0.3) is 0 Å². The molecule has 3 aromatic rings. The fourth-order valence-corrected chi connectivity index (χ4v) is 2.83. The van der Waals surface area contributed by atoms with Crippen molar-refractivity contribution in [2.45, 2.75) is 13.8 Å². The summed E-state index contributed by atoms with van der Waals surface area (Å²) in [4.78, 5) is 24.3. The predicted octanol–water partition coefficient (Wildman–Crippen LogP) is 3.64. The highest BCUT2D eigenvalue weighted by Gasteiger charge is 2.24. The average Bonchev–Trinajstić information content (AvgIpc) is 2.91. The zero-order valence-corrected chi connectivity index (χ0v) is 14.3. The summed E-state index contributed by atoms with van der Waals surface area (Å²) in [6.07, 6.45) is 1.25. The lowest BCUT2D eigenvalue weighted by atomic mass is 10.3. The molecule has 10 heteroatoms. The summed E-state index contributed by atoms with van der Waals surface area (Å²) >= 11 is 1.40. The topological polar surface area (TPSA) is 118 Å². The molecule has 0 saturated heterocycles. The molecule has 0 aliphatic rings. The number of hydrazine groups is 1. The number of nitrogens with zero attached hydrogens (tertiary/aromatic N) is 4. The van der Waals surface area contributed by atoms with Gasteiger partial charge in [0.05, 0.1) is 16.3 Å².